The Hall–Kier alpha value is -1.20. The molecule has 1 aromatic heterocycles. The Morgan fingerprint density at radius 1 is 1.37 bits per heavy atom. The zero-order valence-electron chi connectivity index (χ0n) is 11.1. The molecule has 0 bridgehead atoms. The Morgan fingerprint density at radius 2 is 2.05 bits per heavy atom. The van der Waals surface area contributed by atoms with Gasteiger partial charge >= 0.3 is 0 Å². The third kappa shape index (κ3) is 2.72. The highest BCUT2D eigenvalue weighted by molar-refractivity contribution is 9.10. The summed E-state index contributed by atoms with van der Waals surface area (Å²) in [4.78, 5) is 0. The van der Waals surface area contributed by atoms with E-state index in [0.29, 0.717) is 10.2 Å². The molecular weight excluding hydrogens is 311 g/mol. The van der Waals surface area contributed by atoms with Crippen LogP contribution in [-0.4, -0.2) is 14.9 Å². The van der Waals surface area contributed by atoms with E-state index in [4.69, 9.17) is 0 Å². The number of hydrogen-bond donors (Lipinski definition) is 1. The van der Waals surface area contributed by atoms with E-state index in [0.717, 1.165) is 5.56 Å². The van der Waals surface area contributed by atoms with Gasteiger partial charge in [0.2, 0.25) is 0 Å². The quantitative estimate of drug-likeness (QED) is 0.932. The smallest absolute Gasteiger partial charge is 0.129 e. The topological polar surface area (TPSA) is 38.1 Å². The van der Waals surface area contributed by atoms with E-state index in [1.54, 1.807) is 23.0 Å². The van der Waals surface area contributed by atoms with Crippen LogP contribution in [0, 0.1) is 12.7 Å². The third-order valence-corrected chi connectivity index (χ3v) is 3.59. The summed E-state index contributed by atoms with van der Waals surface area (Å²) in [5.74, 6) is -0.415. The van der Waals surface area contributed by atoms with Crippen molar-refractivity contribution in [1.82, 2.24) is 9.78 Å². The van der Waals surface area contributed by atoms with Gasteiger partial charge in [0.05, 0.1) is 16.4 Å². The van der Waals surface area contributed by atoms with Crippen molar-refractivity contribution in [3.63, 3.8) is 0 Å². The lowest BCUT2D eigenvalue weighted by atomic mass is 10.0. The minimum atomic E-state index is -1.04. The third-order valence-electron chi connectivity index (χ3n) is 2.98. The fraction of sp³-hybridized carbons (Fsp3) is 0.357. The largest absolute Gasteiger partial charge is 0.382 e. The molecule has 1 heterocycles. The number of aliphatic hydroxyl groups is 1. The van der Waals surface area contributed by atoms with Crippen molar-refractivity contribution in [2.24, 2.45) is 0 Å². The molecule has 0 saturated heterocycles. The number of aromatic nitrogens is 2. The van der Waals surface area contributed by atoms with E-state index in [9.17, 15) is 9.50 Å². The van der Waals surface area contributed by atoms with Crippen LogP contribution in [0.1, 0.15) is 42.8 Å². The van der Waals surface area contributed by atoms with E-state index in [1.165, 1.54) is 6.07 Å². The molecule has 1 aromatic carbocycles. The number of benzene rings is 1. The van der Waals surface area contributed by atoms with Gasteiger partial charge in [-0.05, 0) is 42.8 Å². The van der Waals surface area contributed by atoms with Gasteiger partial charge in [-0.25, -0.2) is 4.39 Å². The molecular formula is C14H16BrFN2O. The van der Waals surface area contributed by atoms with Crippen LogP contribution >= 0.6 is 15.9 Å². The maximum Gasteiger partial charge on any atom is 0.129 e. The van der Waals surface area contributed by atoms with Gasteiger partial charge in [-0.15, -0.1) is 0 Å². The van der Waals surface area contributed by atoms with Crippen molar-refractivity contribution in [3.8, 4) is 0 Å². The molecule has 0 amide bonds. The zero-order chi connectivity index (χ0) is 14.2. The number of hydrogen-bond acceptors (Lipinski definition) is 2. The Bertz CT molecular complexity index is 595. The van der Waals surface area contributed by atoms with Crippen molar-refractivity contribution >= 4 is 15.9 Å². The van der Waals surface area contributed by atoms with Gasteiger partial charge in [-0.2, -0.15) is 5.10 Å². The molecule has 5 heteroatoms. The molecule has 0 aliphatic rings. The number of halogens is 2. The summed E-state index contributed by atoms with van der Waals surface area (Å²) in [6, 6.07) is 4.80. The van der Waals surface area contributed by atoms with Crippen molar-refractivity contribution in [2.75, 3.05) is 0 Å². The van der Waals surface area contributed by atoms with E-state index >= 15 is 0 Å². The Balaban J connectivity index is 2.52. The minimum Gasteiger partial charge on any atom is -0.382 e. The normalized spacial score (nSPS) is 13.0. The number of aryl methyl sites for hydroxylation is 1. The Labute approximate surface area is 120 Å². The summed E-state index contributed by atoms with van der Waals surface area (Å²) in [5.41, 5.74) is 1.74. The van der Waals surface area contributed by atoms with Gasteiger partial charge < -0.3 is 5.11 Å². The van der Waals surface area contributed by atoms with Crippen LogP contribution in [-0.2, 0) is 0 Å². The monoisotopic (exact) mass is 326 g/mol. The van der Waals surface area contributed by atoms with Crippen LogP contribution < -0.4 is 0 Å². The van der Waals surface area contributed by atoms with Crippen LogP contribution in [0.15, 0.2) is 28.9 Å². The van der Waals surface area contributed by atoms with Crippen molar-refractivity contribution < 1.29 is 9.50 Å². The zero-order valence-corrected chi connectivity index (χ0v) is 12.6. The van der Waals surface area contributed by atoms with Crippen LogP contribution in [0.5, 0.6) is 0 Å². The molecule has 2 rings (SSSR count). The van der Waals surface area contributed by atoms with Gasteiger partial charge in [-0.3, -0.25) is 4.68 Å². The second-order valence-electron chi connectivity index (χ2n) is 4.84. The average molecular weight is 327 g/mol. The minimum absolute atomic E-state index is 0.0869. The van der Waals surface area contributed by atoms with Crippen molar-refractivity contribution in [3.05, 3.63) is 51.5 Å². The second-order valence-corrected chi connectivity index (χ2v) is 5.70. The number of nitrogens with zero attached hydrogens (tertiary/aromatic N) is 2. The summed E-state index contributed by atoms with van der Waals surface area (Å²) < 4.78 is 16.2. The van der Waals surface area contributed by atoms with Gasteiger partial charge in [0, 0.05) is 11.6 Å². The molecule has 1 N–H and O–H groups in total. The van der Waals surface area contributed by atoms with Gasteiger partial charge in [0.25, 0.3) is 0 Å². The molecule has 0 radical (unpaired) electrons. The highest BCUT2D eigenvalue weighted by atomic mass is 79.9. The van der Waals surface area contributed by atoms with E-state index < -0.39 is 11.9 Å². The first-order chi connectivity index (χ1) is 8.91. The van der Waals surface area contributed by atoms with E-state index in [2.05, 4.69) is 21.0 Å². The molecule has 0 fully saturated rings. The first-order valence-electron chi connectivity index (χ1n) is 6.08. The highest BCUT2D eigenvalue weighted by Crippen LogP contribution is 2.31. The second kappa shape index (κ2) is 5.43. The summed E-state index contributed by atoms with van der Waals surface area (Å²) in [5, 5.41) is 14.7. The van der Waals surface area contributed by atoms with Gasteiger partial charge in [0.15, 0.2) is 0 Å². The molecule has 3 nitrogen and oxygen atoms in total. The Kier molecular flexibility index (Phi) is 4.06. The van der Waals surface area contributed by atoms with E-state index in [1.807, 2.05) is 20.8 Å². The fourth-order valence-electron chi connectivity index (χ4n) is 2.04. The number of rotatable bonds is 3. The highest BCUT2D eigenvalue weighted by Gasteiger charge is 2.23. The molecule has 102 valence electrons. The van der Waals surface area contributed by atoms with Crippen LogP contribution in [0.25, 0.3) is 0 Å². The maximum absolute atomic E-state index is 13.9. The van der Waals surface area contributed by atoms with Crippen LogP contribution in [0.2, 0.25) is 0 Å². The molecule has 0 spiro atoms. The molecule has 19 heavy (non-hydrogen) atoms. The lowest BCUT2D eigenvalue weighted by Gasteiger charge is -2.17. The fourth-order valence-corrected chi connectivity index (χ4v) is 2.53. The maximum atomic E-state index is 13.9. The molecule has 1 atom stereocenters. The van der Waals surface area contributed by atoms with Gasteiger partial charge in [-0.1, -0.05) is 17.7 Å². The predicted molar refractivity (Wildman–Crippen MR) is 75.5 cm³/mol. The summed E-state index contributed by atoms with van der Waals surface area (Å²) in [6.45, 7) is 5.79. The lowest BCUT2D eigenvalue weighted by molar-refractivity contribution is 0.199. The first kappa shape index (κ1) is 14.2. The van der Waals surface area contributed by atoms with Crippen molar-refractivity contribution in [2.45, 2.75) is 32.9 Å². The predicted octanol–water partition coefficient (Wildman–Crippen LogP) is 3.76. The molecule has 0 aliphatic carbocycles. The standard InChI is InChI=1S/C14H16BrFN2O/c1-8(2)18-13(11(15)7-17-18)14(19)10-6-9(3)4-5-12(10)16/h4-8,14,19H,1-3H3. The molecule has 2 aromatic rings. The molecule has 0 aliphatic heterocycles. The Morgan fingerprint density at radius 3 is 2.68 bits per heavy atom. The van der Waals surface area contributed by atoms with Crippen molar-refractivity contribution in [1.29, 1.82) is 0 Å². The van der Waals surface area contributed by atoms with Gasteiger partial charge in [0.1, 0.15) is 11.9 Å². The first-order valence-corrected chi connectivity index (χ1v) is 6.88. The lowest BCUT2D eigenvalue weighted by Crippen LogP contribution is -2.13. The molecule has 0 saturated carbocycles. The summed E-state index contributed by atoms with van der Waals surface area (Å²) in [7, 11) is 0. The summed E-state index contributed by atoms with van der Waals surface area (Å²) >= 11 is 3.36. The number of aliphatic hydroxyl groups excluding tert-OH is 1. The molecule has 1 unspecified atom stereocenters. The van der Waals surface area contributed by atoms with Crippen LogP contribution in [0.4, 0.5) is 4.39 Å². The van der Waals surface area contributed by atoms with Crippen LogP contribution in [0.3, 0.4) is 0 Å². The summed E-state index contributed by atoms with van der Waals surface area (Å²) in [6.07, 6.45) is 0.575. The average Bonchev–Trinajstić information content (AvgIpc) is 2.73. The SMILES string of the molecule is Cc1ccc(F)c(C(O)c2c(Br)cnn2C(C)C)c1. The van der Waals surface area contributed by atoms with E-state index in [-0.39, 0.29) is 11.6 Å².